The van der Waals surface area contributed by atoms with E-state index in [1.807, 2.05) is 12.3 Å². The van der Waals surface area contributed by atoms with Crippen LogP contribution in [0.5, 0.6) is 0 Å². The predicted molar refractivity (Wildman–Crippen MR) is 57.8 cm³/mol. The van der Waals surface area contributed by atoms with Crippen LogP contribution in [0.4, 0.5) is 0 Å². The summed E-state index contributed by atoms with van der Waals surface area (Å²) in [5, 5.41) is 6.18. The minimum absolute atomic E-state index is 0.0731. The van der Waals surface area contributed by atoms with Crippen molar-refractivity contribution in [3.63, 3.8) is 0 Å². The molecular weight excluding hydrogens is 212 g/mol. The highest BCUT2D eigenvalue weighted by Crippen LogP contribution is 2.30. The lowest BCUT2D eigenvalue weighted by Crippen LogP contribution is -2.24. The fourth-order valence-corrected chi connectivity index (χ4v) is 2.66. The molecule has 1 aromatic rings. The zero-order chi connectivity index (χ0) is 10.7. The van der Waals surface area contributed by atoms with E-state index >= 15 is 0 Å². The second-order valence-corrected chi connectivity index (χ2v) is 4.42. The van der Waals surface area contributed by atoms with Gasteiger partial charge in [0.2, 0.25) is 0 Å². The van der Waals surface area contributed by atoms with Crippen molar-refractivity contribution < 1.29 is 9.53 Å². The molecule has 1 aliphatic heterocycles. The first kappa shape index (κ1) is 10.6. The van der Waals surface area contributed by atoms with Gasteiger partial charge in [0.25, 0.3) is 0 Å². The molecular formula is C10H14N2O2S. The quantitative estimate of drug-likeness (QED) is 0.781. The maximum absolute atomic E-state index is 11.7. The summed E-state index contributed by atoms with van der Waals surface area (Å²) in [4.78, 5) is 15.9. The van der Waals surface area contributed by atoms with Gasteiger partial charge in [0.15, 0.2) is 0 Å². The minimum Gasteiger partial charge on any atom is -0.466 e. The lowest BCUT2D eigenvalue weighted by molar-refractivity contribution is -0.147. The Morgan fingerprint density at radius 3 is 3.27 bits per heavy atom. The van der Waals surface area contributed by atoms with Gasteiger partial charge in [-0.3, -0.25) is 4.79 Å². The number of nitrogens with zero attached hydrogens (tertiary/aromatic N) is 1. The topological polar surface area (TPSA) is 51.2 Å². The fraction of sp³-hybridized carbons (Fsp3) is 0.600. The first-order valence-electron chi connectivity index (χ1n) is 5.09. The van der Waals surface area contributed by atoms with Crippen LogP contribution in [0.3, 0.4) is 0 Å². The van der Waals surface area contributed by atoms with Gasteiger partial charge in [-0.05, 0) is 6.92 Å². The molecule has 4 nitrogen and oxygen atoms in total. The van der Waals surface area contributed by atoms with E-state index in [4.69, 9.17) is 4.74 Å². The van der Waals surface area contributed by atoms with Crippen molar-refractivity contribution in [1.82, 2.24) is 10.3 Å². The third-order valence-electron chi connectivity index (χ3n) is 2.57. The number of carbonyl (C=O) groups is 1. The maximum Gasteiger partial charge on any atom is 0.310 e. The minimum atomic E-state index is -0.109. The summed E-state index contributed by atoms with van der Waals surface area (Å²) < 4.78 is 5.05. The first-order chi connectivity index (χ1) is 7.33. The van der Waals surface area contributed by atoms with Gasteiger partial charge in [0, 0.05) is 30.6 Å². The van der Waals surface area contributed by atoms with Crippen molar-refractivity contribution in [3.05, 3.63) is 16.6 Å². The normalized spacial score (nSPS) is 25.4. The van der Waals surface area contributed by atoms with Gasteiger partial charge >= 0.3 is 5.97 Å². The molecule has 5 heteroatoms. The first-order valence-corrected chi connectivity index (χ1v) is 5.97. The number of ether oxygens (including phenoxy) is 1. The summed E-state index contributed by atoms with van der Waals surface area (Å²) in [7, 11) is 0. The average molecular weight is 226 g/mol. The van der Waals surface area contributed by atoms with Crippen molar-refractivity contribution in [2.24, 2.45) is 5.92 Å². The fourth-order valence-electron chi connectivity index (χ4n) is 1.85. The molecule has 0 spiro atoms. The monoisotopic (exact) mass is 226 g/mol. The lowest BCUT2D eigenvalue weighted by atomic mass is 9.97. The van der Waals surface area contributed by atoms with Crippen molar-refractivity contribution in [2.75, 3.05) is 19.7 Å². The Morgan fingerprint density at radius 1 is 1.73 bits per heavy atom. The molecule has 2 heterocycles. The van der Waals surface area contributed by atoms with Crippen molar-refractivity contribution in [1.29, 1.82) is 0 Å². The number of carbonyl (C=O) groups excluding carboxylic acids is 1. The average Bonchev–Trinajstić information content (AvgIpc) is 2.88. The highest BCUT2D eigenvalue weighted by molar-refractivity contribution is 7.09. The van der Waals surface area contributed by atoms with E-state index < -0.39 is 0 Å². The Hall–Kier alpha value is -0.940. The van der Waals surface area contributed by atoms with Crippen molar-refractivity contribution in [2.45, 2.75) is 12.8 Å². The zero-order valence-corrected chi connectivity index (χ0v) is 9.42. The van der Waals surface area contributed by atoms with Gasteiger partial charge in [-0.15, -0.1) is 11.3 Å². The number of nitrogens with one attached hydrogen (secondary N) is 1. The molecule has 1 aromatic heterocycles. The number of thiazole rings is 1. The molecule has 0 amide bonds. The van der Waals surface area contributed by atoms with E-state index in [2.05, 4.69) is 10.3 Å². The Bertz CT molecular complexity index is 326. The van der Waals surface area contributed by atoms with Gasteiger partial charge in [0.1, 0.15) is 0 Å². The Labute approximate surface area is 92.7 Å². The van der Waals surface area contributed by atoms with Crippen LogP contribution in [-0.4, -0.2) is 30.6 Å². The summed E-state index contributed by atoms with van der Waals surface area (Å²) in [5.74, 6) is 0.00264. The molecule has 15 heavy (non-hydrogen) atoms. The Kier molecular flexibility index (Phi) is 3.33. The number of hydrogen-bond donors (Lipinski definition) is 1. The summed E-state index contributed by atoms with van der Waals surface area (Å²) >= 11 is 1.60. The van der Waals surface area contributed by atoms with Gasteiger partial charge in [-0.1, -0.05) is 0 Å². The van der Waals surface area contributed by atoms with E-state index in [0.29, 0.717) is 13.2 Å². The van der Waals surface area contributed by atoms with Gasteiger partial charge in [0.05, 0.1) is 17.5 Å². The molecule has 0 saturated carbocycles. The number of aromatic nitrogens is 1. The van der Waals surface area contributed by atoms with Gasteiger partial charge in [-0.25, -0.2) is 4.98 Å². The predicted octanol–water partition coefficient (Wildman–Crippen LogP) is 1.01. The summed E-state index contributed by atoms with van der Waals surface area (Å²) in [5.41, 5.74) is 0. The van der Waals surface area contributed by atoms with Crippen LogP contribution in [0.25, 0.3) is 0 Å². The van der Waals surface area contributed by atoms with E-state index in [9.17, 15) is 4.79 Å². The van der Waals surface area contributed by atoms with Crippen LogP contribution < -0.4 is 5.32 Å². The van der Waals surface area contributed by atoms with Crippen LogP contribution >= 0.6 is 11.3 Å². The third-order valence-corrected chi connectivity index (χ3v) is 3.48. The number of esters is 1. The molecule has 0 aromatic carbocycles. The summed E-state index contributed by atoms with van der Waals surface area (Å²) in [6.45, 7) is 3.79. The molecule has 0 bridgehead atoms. The van der Waals surface area contributed by atoms with Crippen LogP contribution in [0.15, 0.2) is 11.6 Å². The molecule has 1 saturated heterocycles. The smallest absolute Gasteiger partial charge is 0.310 e. The SMILES string of the molecule is CCOC(=O)C1CNCC1c1nccs1. The molecule has 2 unspecified atom stereocenters. The molecule has 1 N–H and O–H groups in total. The standard InChI is InChI=1S/C10H14N2O2S/c1-2-14-10(13)8-6-11-5-7(8)9-12-3-4-15-9/h3-4,7-8,11H,2,5-6H2,1H3. The van der Waals surface area contributed by atoms with Crippen molar-refractivity contribution >= 4 is 17.3 Å². The Morgan fingerprint density at radius 2 is 2.60 bits per heavy atom. The van der Waals surface area contributed by atoms with Crippen molar-refractivity contribution in [3.8, 4) is 0 Å². The summed E-state index contributed by atoms with van der Waals surface area (Å²) in [6, 6.07) is 0. The van der Waals surface area contributed by atoms with Gasteiger partial charge < -0.3 is 10.1 Å². The van der Waals surface area contributed by atoms with Crippen LogP contribution in [0.2, 0.25) is 0 Å². The van der Waals surface area contributed by atoms with E-state index in [-0.39, 0.29) is 17.8 Å². The molecule has 1 fully saturated rings. The molecule has 0 radical (unpaired) electrons. The van der Waals surface area contributed by atoms with Crippen LogP contribution in [0.1, 0.15) is 17.8 Å². The highest BCUT2D eigenvalue weighted by atomic mass is 32.1. The summed E-state index contributed by atoms with van der Waals surface area (Å²) in [6.07, 6.45) is 1.78. The molecule has 0 aliphatic carbocycles. The number of hydrogen-bond acceptors (Lipinski definition) is 5. The molecule has 2 atom stereocenters. The third kappa shape index (κ3) is 2.18. The molecule has 1 aliphatic rings. The largest absolute Gasteiger partial charge is 0.466 e. The van der Waals surface area contributed by atoms with Crippen LogP contribution in [0, 0.1) is 5.92 Å². The second-order valence-electron chi connectivity index (χ2n) is 3.49. The van der Waals surface area contributed by atoms with E-state index in [0.717, 1.165) is 11.6 Å². The highest BCUT2D eigenvalue weighted by Gasteiger charge is 2.36. The maximum atomic E-state index is 11.7. The molecule has 2 rings (SSSR count). The molecule has 82 valence electrons. The Balaban J connectivity index is 2.08. The number of rotatable bonds is 3. The van der Waals surface area contributed by atoms with Crippen LogP contribution in [-0.2, 0) is 9.53 Å². The lowest BCUT2D eigenvalue weighted by Gasteiger charge is -2.14. The van der Waals surface area contributed by atoms with E-state index in [1.165, 1.54) is 0 Å². The second kappa shape index (κ2) is 4.72. The zero-order valence-electron chi connectivity index (χ0n) is 8.60. The van der Waals surface area contributed by atoms with Gasteiger partial charge in [-0.2, -0.15) is 0 Å². The van der Waals surface area contributed by atoms with E-state index in [1.54, 1.807) is 17.5 Å².